The highest BCUT2D eigenvalue weighted by Gasteiger charge is 1.95. The number of ether oxygens (including phenoxy) is 1. The number of nitrogens with one attached hydrogen (secondary N) is 1. The molecule has 15 heavy (non-hydrogen) atoms. The van der Waals surface area contributed by atoms with Gasteiger partial charge in [0.1, 0.15) is 0 Å². The van der Waals surface area contributed by atoms with Gasteiger partial charge in [-0.05, 0) is 31.5 Å². The molecule has 0 saturated carbocycles. The van der Waals surface area contributed by atoms with Gasteiger partial charge in [-0.3, -0.25) is 0 Å². The molecular formula is C12H18ClNO. The summed E-state index contributed by atoms with van der Waals surface area (Å²) in [7, 11) is 0. The van der Waals surface area contributed by atoms with Crippen LogP contribution in [-0.2, 0) is 10.6 Å². The maximum Gasteiger partial charge on any atom is 0.0642 e. The van der Waals surface area contributed by atoms with E-state index in [4.69, 9.17) is 16.3 Å². The summed E-state index contributed by atoms with van der Waals surface area (Å²) in [4.78, 5) is 0. The van der Waals surface area contributed by atoms with Crippen LogP contribution in [0.5, 0.6) is 0 Å². The Balaban J connectivity index is 2.30. The molecule has 0 aliphatic heterocycles. The van der Waals surface area contributed by atoms with Gasteiger partial charge in [0.15, 0.2) is 0 Å². The Bertz CT molecular complexity index is 289. The zero-order valence-corrected chi connectivity index (χ0v) is 10.1. The van der Waals surface area contributed by atoms with Crippen LogP contribution in [0.2, 0.25) is 0 Å². The Hall–Kier alpha value is -0.730. The Labute approximate surface area is 96.6 Å². The van der Waals surface area contributed by atoms with Crippen molar-refractivity contribution in [2.24, 2.45) is 0 Å². The summed E-state index contributed by atoms with van der Waals surface area (Å²) in [6, 6.07) is 8.11. The quantitative estimate of drug-likeness (QED) is 0.595. The van der Waals surface area contributed by atoms with Crippen molar-refractivity contribution in [1.82, 2.24) is 0 Å². The molecule has 0 radical (unpaired) electrons. The SMILES string of the molecule is CC(C)OCCNc1cccc(CCl)c1. The zero-order valence-electron chi connectivity index (χ0n) is 9.29. The maximum absolute atomic E-state index is 5.75. The maximum atomic E-state index is 5.75. The largest absolute Gasteiger partial charge is 0.383 e. The molecule has 0 aliphatic carbocycles. The van der Waals surface area contributed by atoms with E-state index >= 15 is 0 Å². The van der Waals surface area contributed by atoms with Gasteiger partial charge in [0.25, 0.3) is 0 Å². The molecule has 1 aromatic carbocycles. The number of hydrogen-bond donors (Lipinski definition) is 1. The van der Waals surface area contributed by atoms with Crippen molar-refractivity contribution in [3.8, 4) is 0 Å². The molecule has 0 heterocycles. The molecule has 84 valence electrons. The predicted octanol–water partition coefficient (Wildman–Crippen LogP) is 3.26. The van der Waals surface area contributed by atoms with Crippen LogP contribution < -0.4 is 5.32 Å². The highest BCUT2D eigenvalue weighted by Crippen LogP contribution is 2.11. The number of anilines is 1. The second kappa shape index (κ2) is 6.70. The summed E-state index contributed by atoms with van der Waals surface area (Å²) in [6.45, 7) is 5.62. The molecule has 0 unspecified atom stereocenters. The van der Waals surface area contributed by atoms with Crippen LogP contribution in [-0.4, -0.2) is 19.3 Å². The number of hydrogen-bond acceptors (Lipinski definition) is 2. The van der Waals surface area contributed by atoms with E-state index in [0.717, 1.165) is 24.4 Å². The molecule has 0 fully saturated rings. The van der Waals surface area contributed by atoms with Gasteiger partial charge in [-0.1, -0.05) is 12.1 Å². The molecule has 0 aliphatic rings. The lowest BCUT2D eigenvalue weighted by atomic mass is 10.2. The van der Waals surface area contributed by atoms with Crippen molar-refractivity contribution in [2.45, 2.75) is 25.8 Å². The average Bonchev–Trinajstić information content (AvgIpc) is 2.24. The van der Waals surface area contributed by atoms with E-state index in [1.165, 1.54) is 0 Å². The first-order valence-corrected chi connectivity index (χ1v) is 5.76. The van der Waals surface area contributed by atoms with Crippen molar-refractivity contribution in [2.75, 3.05) is 18.5 Å². The lowest BCUT2D eigenvalue weighted by molar-refractivity contribution is 0.0870. The number of alkyl halides is 1. The molecule has 1 rings (SSSR count). The van der Waals surface area contributed by atoms with Crippen LogP contribution in [0.3, 0.4) is 0 Å². The van der Waals surface area contributed by atoms with E-state index in [-0.39, 0.29) is 0 Å². The number of benzene rings is 1. The summed E-state index contributed by atoms with van der Waals surface area (Å²) in [5, 5.41) is 3.29. The van der Waals surface area contributed by atoms with Crippen LogP contribution in [0.15, 0.2) is 24.3 Å². The Morgan fingerprint density at radius 3 is 2.87 bits per heavy atom. The molecular weight excluding hydrogens is 210 g/mol. The summed E-state index contributed by atoms with van der Waals surface area (Å²) in [5.74, 6) is 0.554. The Morgan fingerprint density at radius 2 is 2.20 bits per heavy atom. The van der Waals surface area contributed by atoms with Crippen molar-refractivity contribution in [3.05, 3.63) is 29.8 Å². The third-order valence-corrected chi connectivity index (χ3v) is 2.27. The van der Waals surface area contributed by atoms with Crippen LogP contribution in [0, 0.1) is 0 Å². The van der Waals surface area contributed by atoms with E-state index in [9.17, 15) is 0 Å². The molecule has 0 amide bonds. The molecule has 1 aromatic rings. The second-order valence-corrected chi connectivity index (χ2v) is 3.95. The molecule has 0 spiro atoms. The predicted molar refractivity (Wildman–Crippen MR) is 65.6 cm³/mol. The molecule has 0 atom stereocenters. The minimum absolute atomic E-state index is 0.293. The van der Waals surface area contributed by atoms with Gasteiger partial charge in [-0.15, -0.1) is 11.6 Å². The lowest BCUT2D eigenvalue weighted by Crippen LogP contribution is -2.13. The molecule has 2 nitrogen and oxygen atoms in total. The van der Waals surface area contributed by atoms with Gasteiger partial charge in [0.2, 0.25) is 0 Å². The third kappa shape index (κ3) is 5.05. The Kier molecular flexibility index (Phi) is 5.51. The minimum Gasteiger partial charge on any atom is -0.383 e. The van der Waals surface area contributed by atoms with Crippen LogP contribution >= 0.6 is 11.6 Å². The second-order valence-electron chi connectivity index (χ2n) is 3.68. The minimum atomic E-state index is 0.293. The lowest BCUT2D eigenvalue weighted by Gasteiger charge is -2.10. The molecule has 0 bridgehead atoms. The van der Waals surface area contributed by atoms with E-state index in [1.54, 1.807) is 0 Å². The van der Waals surface area contributed by atoms with Crippen LogP contribution in [0.4, 0.5) is 5.69 Å². The van der Waals surface area contributed by atoms with Gasteiger partial charge in [-0.2, -0.15) is 0 Å². The third-order valence-electron chi connectivity index (χ3n) is 1.96. The topological polar surface area (TPSA) is 21.3 Å². The van der Waals surface area contributed by atoms with Gasteiger partial charge < -0.3 is 10.1 Å². The number of rotatable bonds is 6. The first-order chi connectivity index (χ1) is 7.22. The fourth-order valence-electron chi connectivity index (χ4n) is 1.25. The summed E-state index contributed by atoms with van der Waals surface area (Å²) < 4.78 is 5.43. The first-order valence-electron chi connectivity index (χ1n) is 5.22. The van der Waals surface area contributed by atoms with E-state index in [1.807, 2.05) is 32.0 Å². The molecule has 0 aromatic heterocycles. The van der Waals surface area contributed by atoms with Crippen molar-refractivity contribution in [3.63, 3.8) is 0 Å². The summed E-state index contributed by atoms with van der Waals surface area (Å²) in [5.41, 5.74) is 2.23. The number of halogens is 1. The Morgan fingerprint density at radius 1 is 1.40 bits per heavy atom. The fraction of sp³-hybridized carbons (Fsp3) is 0.500. The summed E-state index contributed by atoms with van der Waals surface area (Å²) >= 11 is 5.75. The van der Waals surface area contributed by atoms with Gasteiger partial charge in [0.05, 0.1) is 12.7 Å². The summed E-state index contributed by atoms with van der Waals surface area (Å²) in [6.07, 6.45) is 0.293. The average molecular weight is 228 g/mol. The van der Waals surface area contributed by atoms with Gasteiger partial charge in [0, 0.05) is 18.1 Å². The highest BCUT2D eigenvalue weighted by molar-refractivity contribution is 6.17. The first kappa shape index (κ1) is 12.3. The van der Waals surface area contributed by atoms with Crippen molar-refractivity contribution >= 4 is 17.3 Å². The van der Waals surface area contributed by atoms with E-state index in [2.05, 4.69) is 11.4 Å². The molecule has 3 heteroatoms. The van der Waals surface area contributed by atoms with Crippen LogP contribution in [0.1, 0.15) is 19.4 Å². The monoisotopic (exact) mass is 227 g/mol. The zero-order chi connectivity index (χ0) is 11.1. The van der Waals surface area contributed by atoms with Crippen LogP contribution in [0.25, 0.3) is 0 Å². The van der Waals surface area contributed by atoms with Crippen molar-refractivity contribution in [1.29, 1.82) is 0 Å². The van der Waals surface area contributed by atoms with Crippen molar-refractivity contribution < 1.29 is 4.74 Å². The highest BCUT2D eigenvalue weighted by atomic mass is 35.5. The van der Waals surface area contributed by atoms with Gasteiger partial charge in [-0.25, -0.2) is 0 Å². The normalized spacial score (nSPS) is 10.7. The smallest absolute Gasteiger partial charge is 0.0642 e. The van der Waals surface area contributed by atoms with Gasteiger partial charge >= 0.3 is 0 Å². The van der Waals surface area contributed by atoms with E-state index < -0.39 is 0 Å². The van der Waals surface area contributed by atoms with E-state index in [0.29, 0.717) is 12.0 Å². The molecule has 1 N–H and O–H groups in total. The molecule has 0 saturated heterocycles. The standard InChI is InChI=1S/C12H18ClNO/c1-10(2)15-7-6-14-12-5-3-4-11(8-12)9-13/h3-5,8,10,14H,6-7,9H2,1-2H3. The fourth-order valence-corrected chi connectivity index (χ4v) is 1.42.